The van der Waals surface area contributed by atoms with Gasteiger partial charge in [-0.05, 0) is 37.1 Å². The fourth-order valence-electron chi connectivity index (χ4n) is 1.57. The molecular formula is C13H14ClNO2. The normalized spacial score (nSPS) is 10.7. The standard InChI is InChI=1S/C13H14ClNO2/c14-13-6-4-10-3-5-11(9-12(10)15-13)17-8-2-1-7-16/h3-6,9,16H,1-2,7-8H2. The number of benzene rings is 1. The molecule has 0 aliphatic carbocycles. The molecule has 1 N–H and O–H groups in total. The van der Waals surface area contributed by atoms with Crippen LogP contribution in [0, 0.1) is 0 Å². The molecule has 0 amide bonds. The van der Waals surface area contributed by atoms with Crippen LogP contribution in [-0.2, 0) is 0 Å². The minimum absolute atomic E-state index is 0.207. The molecule has 0 fully saturated rings. The Bertz CT molecular complexity index is 502. The summed E-state index contributed by atoms with van der Waals surface area (Å²) in [7, 11) is 0. The summed E-state index contributed by atoms with van der Waals surface area (Å²) >= 11 is 5.84. The van der Waals surface area contributed by atoms with Gasteiger partial charge in [0.1, 0.15) is 10.9 Å². The maximum atomic E-state index is 8.66. The fourth-order valence-corrected chi connectivity index (χ4v) is 1.72. The molecule has 0 bridgehead atoms. The largest absolute Gasteiger partial charge is 0.494 e. The van der Waals surface area contributed by atoms with Gasteiger partial charge in [-0.25, -0.2) is 4.98 Å². The van der Waals surface area contributed by atoms with Crippen molar-refractivity contribution in [2.24, 2.45) is 0 Å². The number of hydrogen-bond donors (Lipinski definition) is 1. The summed E-state index contributed by atoms with van der Waals surface area (Å²) < 4.78 is 5.56. The quantitative estimate of drug-likeness (QED) is 0.656. The topological polar surface area (TPSA) is 42.4 Å². The molecule has 1 aromatic carbocycles. The molecule has 0 saturated heterocycles. The minimum Gasteiger partial charge on any atom is -0.494 e. The average Bonchev–Trinajstić information content (AvgIpc) is 2.34. The van der Waals surface area contributed by atoms with Crippen LogP contribution >= 0.6 is 11.6 Å². The summed E-state index contributed by atoms with van der Waals surface area (Å²) in [5.41, 5.74) is 0.831. The summed E-state index contributed by atoms with van der Waals surface area (Å²) in [4.78, 5) is 4.23. The number of aliphatic hydroxyl groups excluding tert-OH is 1. The van der Waals surface area contributed by atoms with Crippen molar-refractivity contribution in [1.82, 2.24) is 4.98 Å². The number of aromatic nitrogens is 1. The van der Waals surface area contributed by atoms with Gasteiger partial charge in [0.25, 0.3) is 0 Å². The third-order valence-electron chi connectivity index (χ3n) is 2.45. The Morgan fingerprint density at radius 1 is 1.18 bits per heavy atom. The fraction of sp³-hybridized carbons (Fsp3) is 0.308. The van der Waals surface area contributed by atoms with Gasteiger partial charge in [0.05, 0.1) is 12.1 Å². The van der Waals surface area contributed by atoms with Gasteiger partial charge >= 0.3 is 0 Å². The van der Waals surface area contributed by atoms with Crippen LogP contribution in [0.25, 0.3) is 10.9 Å². The van der Waals surface area contributed by atoms with Crippen molar-refractivity contribution < 1.29 is 9.84 Å². The van der Waals surface area contributed by atoms with Gasteiger partial charge < -0.3 is 9.84 Å². The molecule has 2 rings (SSSR count). The zero-order valence-electron chi connectivity index (χ0n) is 9.40. The van der Waals surface area contributed by atoms with Gasteiger partial charge in [-0.2, -0.15) is 0 Å². The summed E-state index contributed by atoms with van der Waals surface area (Å²) in [5, 5.41) is 10.2. The predicted octanol–water partition coefficient (Wildman–Crippen LogP) is 3.04. The number of pyridine rings is 1. The van der Waals surface area contributed by atoms with E-state index in [9.17, 15) is 0 Å². The van der Waals surface area contributed by atoms with Crippen LogP contribution in [0.3, 0.4) is 0 Å². The smallest absolute Gasteiger partial charge is 0.129 e. The predicted molar refractivity (Wildman–Crippen MR) is 68.6 cm³/mol. The van der Waals surface area contributed by atoms with E-state index >= 15 is 0 Å². The van der Waals surface area contributed by atoms with Crippen LogP contribution in [0.2, 0.25) is 5.15 Å². The van der Waals surface area contributed by atoms with E-state index in [1.165, 1.54) is 0 Å². The van der Waals surface area contributed by atoms with E-state index < -0.39 is 0 Å². The van der Waals surface area contributed by atoms with E-state index in [0.717, 1.165) is 29.5 Å². The Labute approximate surface area is 105 Å². The lowest BCUT2D eigenvalue weighted by atomic mass is 10.2. The molecule has 1 heterocycles. The Hall–Kier alpha value is -1.32. The molecule has 4 heteroatoms. The average molecular weight is 252 g/mol. The van der Waals surface area contributed by atoms with Gasteiger partial charge in [0.2, 0.25) is 0 Å². The molecule has 0 atom stereocenters. The molecule has 3 nitrogen and oxygen atoms in total. The van der Waals surface area contributed by atoms with E-state index in [-0.39, 0.29) is 6.61 Å². The van der Waals surface area contributed by atoms with Gasteiger partial charge in [-0.3, -0.25) is 0 Å². The Morgan fingerprint density at radius 2 is 2.00 bits per heavy atom. The molecule has 0 saturated carbocycles. The molecule has 0 unspecified atom stereocenters. The summed E-state index contributed by atoms with van der Waals surface area (Å²) in [5.74, 6) is 0.783. The highest BCUT2D eigenvalue weighted by Crippen LogP contribution is 2.21. The van der Waals surface area contributed by atoms with Crippen molar-refractivity contribution in [2.75, 3.05) is 13.2 Å². The van der Waals surface area contributed by atoms with E-state index in [4.69, 9.17) is 21.4 Å². The SMILES string of the molecule is OCCCCOc1ccc2ccc(Cl)nc2c1. The highest BCUT2D eigenvalue weighted by Gasteiger charge is 1.99. The van der Waals surface area contributed by atoms with Crippen LogP contribution in [0.1, 0.15) is 12.8 Å². The molecule has 90 valence electrons. The molecule has 0 radical (unpaired) electrons. The monoisotopic (exact) mass is 251 g/mol. The first-order chi connectivity index (χ1) is 8.29. The van der Waals surface area contributed by atoms with Crippen molar-refractivity contribution in [3.05, 3.63) is 35.5 Å². The molecule has 0 aliphatic rings. The van der Waals surface area contributed by atoms with E-state index in [2.05, 4.69) is 4.98 Å². The summed E-state index contributed by atoms with van der Waals surface area (Å²) in [6.07, 6.45) is 1.61. The molecular weight excluding hydrogens is 238 g/mol. The van der Waals surface area contributed by atoms with Crippen LogP contribution in [0.15, 0.2) is 30.3 Å². The Balaban J connectivity index is 2.08. The molecule has 0 spiro atoms. The van der Waals surface area contributed by atoms with Crippen molar-refractivity contribution in [2.45, 2.75) is 12.8 Å². The minimum atomic E-state index is 0.207. The number of aliphatic hydroxyl groups is 1. The van der Waals surface area contributed by atoms with Crippen molar-refractivity contribution in [3.63, 3.8) is 0 Å². The van der Waals surface area contributed by atoms with Crippen molar-refractivity contribution >= 4 is 22.5 Å². The van der Waals surface area contributed by atoms with Crippen LogP contribution in [0.5, 0.6) is 5.75 Å². The first kappa shape index (κ1) is 12.1. The van der Waals surface area contributed by atoms with Crippen molar-refractivity contribution in [1.29, 1.82) is 0 Å². The number of rotatable bonds is 5. The number of nitrogens with zero attached hydrogens (tertiary/aromatic N) is 1. The Morgan fingerprint density at radius 3 is 2.82 bits per heavy atom. The summed E-state index contributed by atoms with van der Waals surface area (Å²) in [6, 6.07) is 9.45. The van der Waals surface area contributed by atoms with Crippen LogP contribution in [-0.4, -0.2) is 23.3 Å². The van der Waals surface area contributed by atoms with Gasteiger partial charge in [-0.1, -0.05) is 11.6 Å². The van der Waals surface area contributed by atoms with E-state index in [1.807, 2.05) is 24.3 Å². The lowest BCUT2D eigenvalue weighted by Crippen LogP contribution is -1.98. The molecule has 0 aliphatic heterocycles. The Kier molecular flexibility index (Phi) is 4.18. The van der Waals surface area contributed by atoms with Crippen LogP contribution in [0.4, 0.5) is 0 Å². The lowest BCUT2D eigenvalue weighted by Gasteiger charge is -2.06. The lowest BCUT2D eigenvalue weighted by molar-refractivity contribution is 0.253. The number of unbranched alkanes of at least 4 members (excludes halogenated alkanes) is 1. The number of ether oxygens (including phenoxy) is 1. The summed E-state index contributed by atoms with van der Waals surface area (Å²) in [6.45, 7) is 0.810. The van der Waals surface area contributed by atoms with E-state index in [1.54, 1.807) is 6.07 Å². The second-order valence-electron chi connectivity index (χ2n) is 3.77. The molecule has 17 heavy (non-hydrogen) atoms. The third-order valence-corrected chi connectivity index (χ3v) is 2.66. The van der Waals surface area contributed by atoms with Crippen molar-refractivity contribution in [3.8, 4) is 5.75 Å². The maximum Gasteiger partial charge on any atom is 0.129 e. The van der Waals surface area contributed by atoms with Crippen LogP contribution < -0.4 is 4.74 Å². The highest BCUT2D eigenvalue weighted by atomic mass is 35.5. The maximum absolute atomic E-state index is 8.66. The molecule has 2 aromatic rings. The first-order valence-electron chi connectivity index (χ1n) is 5.59. The van der Waals surface area contributed by atoms with E-state index in [0.29, 0.717) is 11.8 Å². The first-order valence-corrected chi connectivity index (χ1v) is 5.97. The second kappa shape index (κ2) is 5.84. The third kappa shape index (κ3) is 3.32. The number of halogens is 1. The molecule has 1 aromatic heterocycles. The number of fused-ring (bicyclic) bond motifs is 1. The second-order valence-corrected chi connectivity index (χ2v) is 4.15. The van der Waals surface area contributed by atoms with Gasteiger partial charge in [0, 0.05) is 18.1 Å². The highest BCUT2D eigenvalue weighted by molar-refractivity contribution is 6.29. The zero-order chi connectivity index (χ0) is 12.1. The number of hydrogen-bond acceptors (Lipinski definition) is 3. The van der Waals surface area contributed by atoms with Gasteiger partial charge in [0.15, 0.2) is 0 Å². The zero-order valence-corrected chi connectivity index (χ0v) is 10.2. The van der Waals surface area contributed by atoms with Gasteiger partial charge in [-0.15, -0.1) is 0 Å².